The molecule has 0 fully saturated rings. The molecule has 0 aliphatic rings. The molecule has 0 aromatic heterocycles. The molecule has 10 heteroatoms. The van der Waals surface area contributed by atoms with Gasteiger partial charge in [-0.2, -0.15) is 0 Å². The van der Waals surface area contributed by atoms with Gasteiger partial charge in [0, 0.05) is 5.56 Å². The number of benzene rings is 2. The highest BCUT2D eigenvalue weighted by Gasteiger charge is 2.16. The first-order valence-corrected chi connectivity index (χ1v) is 13.1. The van der Waals surface area contributed by atoms with Crippen molar-refractivity contribution in [1.29, 1.82) is 0 Å². The molecule has 0 aliphatic heterocycles. The monoisotopic (exact) mass is 627 g/mol. The third-order valence-electron chi connectivity index (χ3n) is 4.85. The minimum absolute atomic E-state index is 0.00181. The largest absolute Gasteiger partial charge is 0.492 e. The van der Waals surface area contributed by atoms with Gasteiger partial charge in [0.1, 0.15) is 11.5 Å². The van der Waals surface area contributed by atoms with Gasteiger partial charge in [-0.15, -0.1) is 0 Å². The predicted octanol–water partition coefficient (Wildman–Crippen LogP) is 5.65. The number of halogens is 2. The van der Waals surface area contributed by atoms with E-state index in [0.717, 1.165) is 16.5 Å². The van der Waals surface area contributed by atoms with Crippen LogP contribution in [-0.2, 0) is 10.2 Å². The predicted molar refractivity (Wildman–Crippen MR) is 149 cm³/mol. The number of amides is 2. The summed E-state index contributed by atoms with van der Waals surface area (Å²) in [5.74, 6) is 0.867. The molecule has 0 saturated heterocycles. The van der Waals surface area contributed by atoms with Gasteiger partial charge >= 0.3 is 0 Å². The average molecular weight is 629 g/mol. The number of hydrazine groups is 1. The van der Waals surface area contributed by atoms with Crippen LogP contribution in [0.15, 0.2) is 45.3 Å². The van der Waals surface area contributed by atoms with Crippen molar-refractivity contribution in [3.05, 3.63) is 56.5 Å². The first-order valence-electron chi connectivity index (χ1n) is 11.1. The Morgan fingerprint density at radius 1 is 0.971 bits per heavy atom. The zero-order valence-corrected chi connectivity index (χ0v) is 24.4. The second kappa shape index (κ2) is 13.2. The van der Waals surface area contributed by atoms with Crippen molar-refractivity contribution in [3.63, 3.8) is 0 Å². The highest BCUT2D eigenvalue weighted by Crippen LogP contribution is 2.31. The van der Waals surface area contributed by atoms with Crippen LogP contribution >= 0.6 is 44.1 Å². The summed E-state index contributed by atoms with van der Waals surface area (Å²) in [7, 11) is 0. The SMILES string of the molecule is CC(C)CCOc1ccc(C(=O)NC(=S)NNC(=O)COc2ccc(C(C)(C)C)cc2Br)cc1Br. The van der Waals surface area contributed by atoms with E-state index in [1.54, 1.807) is 18.2 Å². The maximum atomic E-state index is 12.5. The number of carbonyl (C=O) groups is 2. The number of nitrogens with one attached hydrogen (secondary N) is 3. The second-order valence-corrected chi connectivity index (χ2v) is 11.4. The molecule has 0 saturated carbocycles. The molecule has 0 atom stereocenters. The highest BCUT2D eigenvalue weighted by molar-refractivity contribution is 9.10. The van der Waals surface area contributed by atoms with Crippen LogP contribution in [0.3, 0.4) is 0 Å². The fourth-order valence-corrected chi connectivity index (χ4v) is 3.89. The van der Waals surface area contributed by atoms with Gasteiger partial charge in [0.25, 0.3) is 11.8 Å². The average Bonchev–Trinajstić information content (AvgIpc) is 2.77. The van der Waals surface area contributed by atoms with Crippen molar-refractivity contribution in [1.82, 2.24) is 16.2 Å². The van der Waals surface area contributed by atoms with E-state index in [9.17, 15) is 9.59 Å². The maximum absolute atomic E-state index is 12.5. The van der Waals surface area contributed by atoms with Gasteiger partial charge in [-0.25, -0.2) is 0 Å². The molecule has 35 heavy (non-hydrogen) atoms. The van der Waals surface area contributed by atoms with Crippen molar-refractivity contribution in [2.75, 3.05) is 13.2 Å². The van der Waals surface area contributed by atoms with Crippen molar-refractivity contribution in [2.24, 2.45) is 5.92 Å². The molecule has 190 valence electrons. The lowest BCUT2D eigenvalue weighted by molar-refractivity contribution is -0.123. The van der Waals surface area contributed by atoms with Crippen LogP contribution in [0.4, 0.5) is 0 Å². The van der Waals surface area contributed by atoms with Crippen molar-refractivity contribution < 1.29 is 19.1 Å². The van der Waals surface area contributed by atoms with Gasteiger partial charge in [0.05, 0.1) is 15.6 Å². The summed E-state index contributed by atoms with van der Waals surface area (Å²) in [4.78, 5) is 24.6. The summed E-state index contributed by atoms with van der Waals surface area (Å²) >= 11 is 12.0. The quantitative estimate of drug-likeness (QED) is 0.259. The van der Waals surface area contributed by atoms with E-state index >= 15 is 0 Å². The Kier molecular flexibility index (Phi) is 11.0. The summed E-state index contributed by atoms with van der Waals surface area (Å²) < 4.78 is 12.7. The Bertz CT molecular complexity index is 1070. The maximum Gasteiger partial charge on any atom is 0.276 e. The van der Waals surface area contributed by atoms with Crippen LogP contribution in [0.25, 0.3) is 0 Å². The smallest absolute Gasteiger partial charge is 0.276 e. The van der Waals surface area contributed by atoms with Gasteiger partial charge in [0.15, 0.2) is 11.7 Å². The van der Waals surface area contributed by atoms with Crippen LogP contribution in [0.1, 0.15) is 57.0 Å². The molecule has 3 N–H and O–H groups in total. The molecule has 0 radical (unpaired) electrons. The third kappa shape index (κ3) is 9.77. The number of carbonyl (C=O) groups excluding carboxylic acids is 2. The minimum atomic E-state index is -0.459. The zero-order chi connectivity index (χ0) is 26.2. The Hall–Kier alpha value is -2.17. The van der Waals surface area contributed by atoms with E-state index in [0.29, 0.717) is 34.1 Å². The highest BCUT2D eigenvalue weighted by atomic mass is 79.9. The Balaban J connectivity index is 1.79. The number of rotatable bonds is 8. The molecule has 0 heterocycles. The third-order valence-corrected chi connectivity index (χ3v) is 6.29. The summed E-state index contributed by atoms with van der Waals surface area (Å²) in [5.41, 5.74) is 6.43. The Morgan fingerprint density at radius 3 is 2.20 bits per heavy atom. The number of hydrogen-bond acceptors (Lipinski definition) is 5. The lowest BCUT2D eigenvalue weighted by Gasteiger charge is -2.20. The van der Waals surface area contributed by atoms with Crippen LogP contribution in [0, 0.1) is 5.92 Å². The van der Waals surface area contributed by atoms with Crippen LogP contribution in [0.5, 0.6) is 11.5 Å². The number of ether oxygens (including phenoxy) is 2. The van der Waals surface area contributed by atoms with E-state index in [1.165, 1.54) is 0 Å². The van der Waals surface area contributed by atoms with Gasteiger partial charge in [0.2, 0.25) is 0 Å². The second-order valence-electron chi connectivity index (χ2n) is 9.32. The Labute approximate surface area is 228 Å². The van der Waals surface area contributed by atoms with Gasteiger partial charge in [-0.1, -0.05) is 40.7 Å². The Morgan fingerprint density at radius 2 is 1.60 bits per heavy atom. The summed E-state index contributed by atoms with van der Waals surface area (Å²) in [6.07, 6.45) is 0.937. The first-order chi connectivity index (χ1) is 16.4. The van der Waals surface area contributed by atoms with Gasteiger partial charge in [-0.05, 0) is 97.7 Å². The van der Waals surface area contributed by atoms with E-state index in [1.807, 2.05) is 18.2 Å². The molecule has 2 amide bonds. The molecular formula is C25H31Br2N3O4S. The van der Waals surface area contributed by atoms with Crippen molar-refractivity contribution >= 4 is 61.0 Å². The summed E-state index contributed by atoms with van der Waals surface area (Å²) in [6.45, 7) is 11.0. The van der Waals surface area contributed by atoms with Gasteiger partial charge < -0.3 is 9.47 Å². The first kappa shape index (κ1) is 29.1. The molecular weight excluding hydrogens is 598 g/mol. The zero-order valence-electron chi connectivity index (χ0n) is 20.5. The number of hydrogen-bond donors (Lipinski definition) is 3. The molecule has 7 nitrogen and oxygen atoms in total. The van der Waals surface area contributed by atoms with Crippen LogP contribution in [-0.4, -0.2) is 30.1 Å². The van der Waals surface area contributed by atoms with E-state index in [2.05, 4.69) is 82.6 Å². The molecule has 2 rings (SSSR count). The van der Waals surface area contributed by atoms with E-state index in [-0.39, 0.29) is 17.1 Å². The van der Waals surface area contributed by atoms with E-state index < -0.39 is 11.8 Å². The van der Waals surface area contributed by atoms with Gasteiger partial charge in [-0.3, -0.25) is 25.8 Å². The fraction of sp³-hybridized carbons (Fsp3) is 0.400. The topological polar surface area (TPSA) is 88.7 Å². The van der Waals surface area contributed by atoms with Crippen LogP contribution in [0.2, 0.25) is 0 Å². The molecule has 0 aliphatic carbocycles. The molecule has 0 bridgehead atoms. The fourth-order valence-electron chi connectivity index (χ4n) is 2.76. The normalized spacial score (nSPS) is 11.1. The molecule has 2 aromatic carbocycles. The molecule has 2 aromatic rings. The molecule has 0 spiro atoms. The lowest BCUT2D eigenvalue weighted by Crippen LogP contribution is -2.49. The standard InChI is InChI=1S/C25H31Br2N3O4S/c1-15(2)10-11-33-20-8-6-16(12-18(20)26)23(32)28-24(35)30-29-22(31)14-34-21-9-7-17(13-19(21)27)25(3,4)5/h6-9,12-13,15H,10-11,14H2,1-5H3,(H,29,31)(H2,28,30,32,35). The number of thiocarbonyl (C=S) groups is 1. The lowest BCUT2D eigenvalue weighted by atomic mass is 9.87. The summed E-state index contributed by atoms with van der Waals surface area (Å²) in [5, 5.41) is 2.47. The van der Waals surface area contributed by atoms with Crippen LogP contribution < -0.4 is 25.6 Å². The minimum Gasteiger partial charge on any atom is -0.492 e. The van der Waals surface area contributed by atoms with E-state index in [4.69, 9.17) is 21.7 Å². The summed E-state index contributed by atoms with van der Waals surface area (Å²) in [6, 6.07) is 10.8. The molecule has 0 unspecified atom stereocenters. The van der Waals surface area contributed by atoms with Crippen molar-refractivity contribution in [3.8, 4) is 11.5 Å². The van der Waals surface area contributed by atoms with Crippen molar-refractivity contribution in [2.45, 2.75) is 46.5 Å².